The van der Waals surface area contributed by atoms with Crippen LogP contribution in [0.4, 0.5) is 0 Å². The number of ether oxygens (including phenoxy) is 1. The molecule has 3 unspecified atom stereocenters. The molecule has 1 amide bonds. The minimum atomic E-state index is 0. The Kier molecular flexibility index (Phi) is 8.61. The first-order chi connectivity index (χ1) is 10.9. The first-order valence-corrected chi connectivity index (χ1v) is 9.63. The van der Waals surface area contributed by atoms with E-state index in [0.717, 1.165) is 31.3 Å². The number of carbonyl (C=O) groups is 1. The monoisotopic (exact) mass is 470 g/mol. The Hall–Kier alpha value is -0.220. The lowest BCUT2D eigenvalue weighted by Gasteiger charge is -2.54. The van der Waals surface area contributed by atoms with Gasteiger partial charge >= 0.3 is 0 Å². The van der Waals surface area contributed by atoms with Gasteiger partial charge in [-0.15, -0.1) is 24.0 Å². The Bertz CT molecular complexity index is 459. The van der Waals surface area contributed by atoms with Crippen LogP contribution < -0.4 is 10.6 Å². The first-order valence-electron chi connectivity index (χ1n) is 8.23. The van der Waals surface area contributed by atoms with Crippen LogP contribution in [0.3, 0.4) is 0 Å². The predicted molar refractivity (Wildman–Crippen MR) is 111 cm³/mol. The summed E-state index contributed by atoms with van der Waals surface area (Å²) < 4.78 is 5.84. The Morgan fingerprint density at radius 1 is 1.42 bits per heavy atom. The second kappa shape index (κ2) is 9.47. The molecule has 0 radical (unpaired) electrons. The Labute approximate surface area is 166 Å². The number of fused-ring (bicyclic) bond motifs is 1. The summed E-state index contributed by atoms with van der Waals surface area (Å²) in [6.07, 6.45) is 3.52. The molecule has 1 saturated carbocycles. The second-order valence-corrected chi connectivity index (χ2v) is 8.05. The van der Waals surface area contributed by atoms with Crippen molar-refractivity contribution in [3.63, 3.8) is 0 Å². The zero-order chi connectivity index (χ0) is 17.0. The number of thioether (sulfide) groups is 1. The fourth-order valence-electron chi connectivity index (χ4n) is 3.48. The van der Waals surface area contributed by atoms with E-state index in [0.29, 0.717) is 18.1 Å². The van der Waals surface area contributed by atoms with E-state index in [4.69, 9.17) is 4.74 Å². The molecule has 6 nitrogen and oxygen atoms in total. The number of nitrogens with zero attached hydrogens (tertiary/aromatic N) is 2. The predicted octanol–water partition coefficient (Wildman–Crippen LogP) is 1.40. The largest absolute Gasteiger partial charge is 0.377 e. The number of carbonyl (C=O) groups excluding carboxylic acids is 1. The van der Waals surface area contributed by atoms with Crippen LogP contribution in [0.2, 0.25) is 0 Å². The summed E-state index contributed by atoms with van der Waals surface area (Å²) in [5, 5.41) is 6.89. The maximum absolute atomic E-state index is 11.8. The lowest BCUT2D eigenvalue weighted by Crippen LogP contribution is -2.68. The van der Waals surface area contributed by atoms with E-state index in [1.165, 1.54) is 0 Å². The highest BCUT2D eigenvalue weighted by molar-refractivity contribution is 14.0. The van der Waals surface area contributed by atoms with Crippen molar-refractivity contribution in [1.82, 2.24) is 15.5 Å². The van der Waals surface area contributed by atoms with E-state index in [1.54, 1.807) is 30.8 Å². The quantitative estimate of drug-likeness (QED) is 0.266. The SMILES string of the molecule is CSCCNC(=NCC(=O)N(C)C)NC1C2CCOC2C1(C)C.I. The molecule has 3 atom stereocenters. The van der Waals surface area contributed by atoms with Gasteiger partial charge in [-0.1, -0.05) is 13.8 Å². The Morgan fingerprint density at radius 3 is 2.75 bits per heavy atom. The van der Waals surface area contributed by atoms with Crippen LogP contribution in [-0.4, -0.2) is 74.7 Å². The molecule has 0 aromatic carbocycles. The maximum Gasteiger partial charge on any atom is 0.243 e. The number of guanidine groups is 1. The highest BCUT2D eigenvalue weighted by Gasteiger charge is 2.59. The van der Waals surface area contributed by atoms with Crippen molar-refractivity contribution in [2.75, 3.05) is 45.8 Å². The van der Waals surface area contributed by atoms with E-state index in [-0.39, 0.29) is 41.8 Å². The van der Waals surface area contributed by atoms with Gasteiger partial charge in [0, 0.05) is 50.4 Å². The minimum Gasteiger partial charge on any atom is -0.377 e. The van der Waals surface area contributed by atoms with Crippen LogP contribution in [0.1, 0.15) is 20.3 Å². The lowest BCUT2D eigenvalue weighted by molar-refractivity contribution is -0.127. The number of hydrogen-bond donors (Lipinski definition) is 2. The molecule has 1 saturated heterocycles. The molecule has 1 aliphatic carbocycles. The fraction of sp³-hybridized carbons (Fsp3) is 0.875. The summed E-state index contributed by atoms with van der Waals surface area (Å²) in [6, 6.07) is 0.338. The number of rotatable bonds is 6. The summed E-state index contributed by atoms with van der Waals surface area (Å²) in [6.45, 7) is 6.33. The van der Waals surface area contributed by atoms with E-state index in [1.807, 2.05) is 0 Å². The van der Waals surface area contributed by atoms with Gasteiger partial charge in [-0.3, -0.25) is 4.79 Å². The van der Waals surface area contributed by atoms with Crippen molar-refractivity contribution in [2.45, 2.75) is 32.4 Å². The third-order valence-corrected chi connectivity index (χ3v) is 5.47. The highest BCUT2D eigenvalue weighted by Crippen LogP contribution is 2.52. The van der Waals surface area contributed by atoms with Gasteiger partial charge < -0.3 is 20.3 Å². The molecule has 2 rings (SSSR count). The van der Waals surface area contributed by atoms with Gasteiger partial charge in [0.05, 0.1) is 6.10 Å². The van der Waals surface area contributed by atoms with Crippen molar-refractivity contribution in [1.29, 1.82) is 0 Å². The number of hydrogen-bond acceptors (Lipinski definition) is 4. The standard InChI is InChI=1S/C16H30N4O2S.HI/c1-16(2)13(11-6-8-22-14(11)16)19-15(17-7-9-23-5)18-10-12(21)20(3)4;/h11,13-14H,6-10H2,1-5H3,(H2,17,18,19);1H. The molecule has 0 spiro atoms. The van der Waals surface area contributed by atoms with Crippen LogP contribution in [0.15, 0.2) is 4.99 Å². The van der Waals surface area contributed by atoms with Crippen molar-refractivity contribution in [2.24, 2.45) is 16.3 Å². The zero-order valence-electron chi connectivity index (χ0n) is 15.3. The number of nitrogens with one attached hydrogen (secondary N) is 2. The molecule has 8 heteroatoms. The van der Waals surface area contributed by atoms with Crippen LogP contribution in [0.25, 0.3) is 0 Å². The van der Waals surface area contributed by atoms with Crippen molar-refractivity contribution >= 4 is 47.6 Å². The number of halogens is 1. The summed E-state index contributed by atoms with van der Waals surface area (Å²) in [5.41, 5.74) is 0.0919. The summed E-state index contributed by atoms with van der Waals surface area (Å²) in [5.74, 6) is 2.29. The normalized spacial score (nSPS) is 27.5. The van der Waals surface area contributed by atoms with Gasteiger partial charge in [0.25, 0.3) is 0 Å². The molecule has 2 N–H and O–H groups in total. The summed E-state index contributed by atoms with van der Waals surface area (Å²) >= 11 is 1.79. The van der Waals surface area contributed by atoms with Gasteiger partial charge in [-0.05, 0) is 12.7 Å². The number of amides is 1. The van der Waals surface area contributed by atoms with Crippen molar-refractivity contribution in [3.05, 3.63) is 0 Å². The molecular weight excluding hydrogens is 439 g/mol. The second-order valence-electron chi connectivity index (χ2n) is 7.06. The molecule has 0 aromatic rings. The van der Waals surface area contributed by atoms with Gasteiger partial charge in [-0.25, -0.2) is 4.99 Å². The molecule has 1 aliphatic heterocycles. The van der Waals surface area contributed by atoms with Crippen molar-refractivity contribution < 1.29 is 9.53 Å². The third-order valence-electron chi connectivity index (χ3n) is 4.86. The Balaban J connectivity index is 0.00000288. The molecular formula is C16H31IN4O2S. The van der Waals surface area contributed by atoms with E-state index in [2.05, 4.69) is 35.7 Å². The van der Waals surface area contributed by atoms with E-state index in [9.17, 15) is 4.79 Å². The van der Waals surface area contributed by atoms with Gasteiger partial charge in [-0.2, -0.15) is 11.8 Å². The van der Waals surface area contributed by atoms with Crippen LogP contribution in [0, 0.1) is 11.3 Å². The molecule has 0 bridgehead atoms. The van der Waals surface area contributed by atoms with Gasteiger partial charge in [0.15, 0.2) is 5.96 Å². The molecule has 24 heavy (non-hydrogen) atoms. The van der Waals surface area contributed by atoms with E-state index >= 15 is 0 Å². The fourth-order valence-corrected chi connectivity index (χ4v) is 3.78. The molecule has 1 heterocycles. The third kappa shape index (κ3) is 4.91. The topological polar surface area (TPSA) is 66.0 Å². The molecule has 2 fully saturated rings. The summed E-state index contributed by atoms with van der Waals surface area (Å²) in [4.78, 5) is 17.8. The minimum absolute atomic E-state index is 0. The van der Waals surface area contributed by atoms with Crippen LogP contribution in [0.5, 0.6) is 0 Å². The Morgan fingerprint density at radius 2 is 2.12 bits per heavy atom. The van der Waals surface area contributed by atoms with Gasteiger partial charge in [0.2, 0.25) is 5.91 Å². The smallest absolute Gasteiger partial charge is 0.243 e. The molecule has 140 valence electrons. The molecule has 2 aliphatic rings. The number of likely N-dealkylation sites (N-methyl/N-ethyl adjacent to an activating group) is 1. The average Bonchev–Trinajstić information content (AvgIpc) is 2.95. The summed E-state index contributed by atoms with van der Waals surface area (Å²) in [7, 11) is 3.50. The first kappa shape index (κ1) is 21.8. The highest BCUT2D eigenvalue weighted by atomic mass is 127. The lowest BCUT2D eigenvalue weighted by atomic mass is 9.57. The van der Waals surface area contributed by atoms with Crippen LogP contribution in [-0.2, 0) is 9.53 Å². The number of aliphatic imine (C=N–C) groups is 1. The molecule has 0 aromatic heterocycles. The van der Waals surface area contributed by atoms with Crippen LogP contribution >= 0.6 is 35.7 Å². The zero-order valence-corrected chi connectivity index (χ0v) is 18.4. The van der Waals surface area contributed by atoms with E-state index < -0.39 is 0 Å². The van der Waals surface area contributed by atoms with Gasteiger partial charge in [0.1, 0.15) is 6.54 Å². The average molecular weight is 470 g/mol. The van der Waals surface area contributed by atoms with Crippen molar-refractivity contribution in [3.8, 4) is 0 Å². The maximum atomic E-state index is 11.8.